The molecule has 0 saturated carbocycles. The summed E-state index contributed by atoms with van der Waals surface area (Å²) in [5, 5.41) is 46.6. The Kier molecular flexibility index (Phi) is 14.2. The molecular weight excluding hydrogens is 1020 g/mol. The molecule has 8 nitrogen and oxygen atoms in total. The van der Waals surface area contributed by atoms with Crippen molar-refractivity contribution in [1.82, 2.24) is 0 Å². The lowest BCUT2D eigenvalue weighted by Gasteiger charge is -2.40. The van der Waals surface area contributed by atoms with Gasteiger partial charge in [-0.2, -0.15) is 0 Å². The number of para-hydroxylation sites is 2. The van der Waals surface area contributed by atoms with Gasteiger partial charge in [-0.1, -0.05) is 163 Å². The van der Waals surface area contributed by atoms with Crippen molar-refractivity contribution in [2.75, 3.05) is 0 Å². The number of benzene rings is 8. The molecule has 0 bridgehead atoms. The summed E-state index contributed by atoms with van der Waals surface area (Å²) < 4.78 is 44.4. The number of rotatable bonds is 16. The molecule has 2 heterocycles. The summed E-state index contributed by atoms with van der Waals surface area (Å²) in [5.41, 5.74) is 8.06. The molecule has 2 atom stereocenters. The minimum Gasteiger partial charge on any atom is -0.508 e. The van der Waals surface area contributed by atoms with Crippen LogP contribution in [0.1, 0.15) is 139 Å². The molecule has 0 saturated heterocycles. The Labute approximate surface area is 467 Å². The van der Waals surface area contributed by atoms with Crippen molar-refractivity contribution in [3.8, 4) is 56.8 Å². The van der Waals surface area contributed by atoms with E-state index in [0.29, 0.717) is 66.2 Å². The van der Waals surface area contributed by atoms with Crippen molar-refractivity contribution in [3.63, 3.8) is 0 Å². The third-order valence-electron chi connectivity index (χ3n) is 18.6. The largest absolute Gasteiger partial charge is 0.508 e. The third-order valence-corrected chi connectivity index (χ3v) is 25.1. The predicted octanol–water partition coefficient (Wildman–Crippen LogP) is 17.2. The van der Waals surface area contributed by atoms with E-state index in [1.54, 1.807) is 24.3 Å². The Hall–Kier alpha value is -6.98. The zero-order valence-electron chi connectivity index (χ0n) is 47.2. The smallest absolute Gasteiger partial charge is 0.287 e. The zero-order valence-corrected chi connectivity index (χ0v) is 49.0. The summed E-state index contributed by atoms with van der Waals surface area (Å²) in [6, 6.07) is 53.7. The summed E-state index contributed by atoms with van der Waals surface area (Å²) in [5.74, 6) is 1.73. The van der Waals surface area contributed by atoms with E-state index in [0.717, 1.165) is 61.2 Å². The van der Waals surface area contributed by atoms with Crippen LogP contribution in [0.3, 0.4) is 0 Å². The first-order valence-corrected chi connectivity index (χ1v) is 31.1. The van der Waals surface area contributed by atoms with Gasteiger partial charge in [0.1, 0.15) is 34.5 Å². The molecule has 8 aromatic rings. The van der Waals surface area contributed by atoms with Gasteiger partial charge in [0, 0.05) is 38.5 Å². The second-order valence-electron chi connectivity index (χ2n) is 23.5. The minimum absolute atomic E-state index is 0.122. The van der Waals surface area contributed by atoms with Crippen LogP contribution in [0.2, 0.25) is 0 Å². The highest BCUT2D eigenvalue weighted by Gasteiger charge is 2.52. The van der Waals surface area contributed by atoms with E-state index in [2.05, 4.69) is 53.7 Å². The molecule has 0 amide bonds. The highest BCUT2D eigenvalue weighted by Crippen LogP contribution is 2.68. The van der Waals surface area contributed by atoms with Gasteiger partial charge in [0.25, 0.3) is 14.7 Å². The van der Waals surface area contributed by atoms with Crippen LogP contribution < -0.4 is 19.7 Å². The number of aromatic hydroxyl groups is 4. The van der Waals surface area contributed by atoms with Crippen LogP contribution in [0, 0.1) is 0 Å². The van der Waals surface area contributed by atoms with Crippen LogP contribution in [0.4, 0.5) is 0 Å². The van der Waals surface area contributed by atoms with Gasteiger partial charge in [0.05, 0.1) is 20.9 Å². The molecule has 408 valence electrons. The molecule has 0 radical (unpaired) electrons. The lowest BCUT2D eigenvalue weighted by molar-refractivity contribution is 0.357. The maximum Gasteiger partial charge on any atom is 0.287 e. The zero-order chi connectivity index (χ0) is 56.5. The summed E-state index contributed by atoms with van der Waals surface area (Å²) in [6.45, 7) is 20.6. The van der Waals surface area contributed by atoms with E-state index in [9.17, 15) is 20.4 Å². The number of fused-ring (bicyclic) bond motifs is 6. The fourth-order valence-corrected chi connectivity index (χ4v) is 18.0. The van der Waals surface area contributed by atoms with E-state index in [-0.39, 0.29) is 23.0 Å². The molecule has 8 aromatic carbocycles. The van der Waals surface area contributed by atoms with Crippen LogP contribution >= 0.6 is 14.7 Å². The molecule has 10 rings (SSSR count). The van der Waals surface area contributed by atoms with E-state index < -0.39 is 41.3 Å². The van der Waals surface area contributed by atoms with Crippen LogP contribution in [0.25, 0.3) is 22.3 Å². The SMILES string of the molecule is CCC(CC)(Cc1cc(C(C)(C)P2(=O)Oc3ccccc3-c3ccccc32)ccc1O)c1cc(C(C)(C)c2ccc(O)c(CC(CC)(CC)c3cc(C(C)(C)P4(=O)Oc5ccccc5-c5ccccc54)ccc3O)c2)ccc1O. The summed E-state index contributed by atoms with van der Waals surface area (Å²) in [6.07, 6.45) is 3.39. The molecule has 0 aromatic heterocycles. The lowest BCUT2D eigenvalue weighted by Crippen LogP contribution is -2.32. The Morgan fingerprint density at radius 3 is 1.11 bits per heavy atom. The number of phenolic OH excluding ortho intramolecular Hbond substituents is 4. The van der Waals surface area contributed by atoms with Gasteiger partial charge in [-0.25, -0.2) is 0 Å². The lowest BCUT2D eigenvalue weighted by atomic mass is 9.68. The fraction of sp³-hybridized carbons (Fsp3) is 0.304. The fourth-order valence-electron chi connectivity index (χ4n) is 12.8. The van der Waals surface area contributed by atoms with Gasteiger partial charge >= 0.3 is 0 Å². The van der Waals surface area contributed by atoms with Gasteiger partial charge in [-0.15, -0.1) is 0 Å². The maximum absolute atomic E-state index is 15.6. The molecule has 0 fully saturated rings. The first-order chi connectivity index (χ1) is 37.5. The minimum atomic E-state index is -3.63. The molecule has 4 N–H and O–H groups in total. The van der Waals surface area contributed by atoms with Gasteiger partial charge in [-0.3, -0.25) is 9.13 Å². The quantitative estimate of drug-likeness (QED) is 0.0703. The van der Waals surface area contributed by atoms with Crippen LogP contribution in [-0.4, -0.2) is 20.4 Å². The number of phenols is 4. The number of hydrogen-bond acceptors (Lipinski definition) is 8. The Bertz CT molecular complexity index is 3750. The third kappa shape index (κ3) is 8.90. The summed E-state index contributed by atoms with van der Waals surface area (Å²) in [4.78, 5) is 0. The topological polar surface area (TPSA) is 134 Å². The molecule has 0 spiro atoms. The molecule has 79 heavy (non-hydrogen) atoms. The summed E-state index contributed by atoms with van der Waals surface area (Å²) >= 11 is 0. The number of hydrogen-bond donors (Lipinski definition) is 4. The van der Waals surface area contributed by atoms with Crippen molar-refractivity contribution < 1.29 is 38.6 Å². The molecule has 2 unspecified atom stereocenters. The normalized spacial score (nSPS) is 17.1. The molecule has 10 heteroatoms. The average molecular weight is 1090 g/mol. The first kappa shape index (κ1) is 55.3. The highest BCUT2D eigenvalue weighted by molar-refractivity contribution is 7.69. The maximum atomic E-state index is 15.6. The van der Waals surface area contributed by atoms with Gasteiger partial charge in [-0.05, 0) is 159 Å². The second kappa shape index (κ2) is 20.3. The predicted molar refractivity (Wildman–Crippen MR) is 322 cm³/mol. The Morgan fingerprint density at radius 2 is 0.696 bits per heavy atom. The second-order valence-corrected chi connectivity index (χ2v) is 29.3. The summed E-state index contributed by atoms with van der Waals surface area (Å²) in [7, 11) is -7.25. The average Bonchev–Trinajstić information content (AvgIpc) is 3.64. The van der Waals surface area contributed by atoms with E-state index in [1.807, 2.05) is 161 Å². The van der Waals surface area contributed by atoms with Crippen LogP contribution in [0.5, 0.6) is 34.5 Å². The van der Waals surface area contributed by atoms with Gasteiger partial charge in [0.2, 0.25) is 0 Å². The monoisotopic (exact) mass is 1090 g/mol. The Balaban J connectivity index is 0.967. The van der Waals surface area contributed by atoms with Gasteiger partial charge < -0.3 is 29.5 Å². The van der Waals surface area contributed by atoms with Crippen LogP contribution in [0.15, 0.2) is 170 Å². The highest BCUT2D eigenvalue weighted by atomic mass is 31.2. The van der Waals surface area contributed by atoms with E-state index in [4.69, 9.17) is 9.05 Å². The first-order valence-electron chi connectivity index (χ1n) is 27.8. The van der Waals surface area contributed by atoms with Gasteiger partial charge in [0.15, 0.2) is 0 Å². The van der Waals surface area contributed by atoms with Crippen molar-refractivity contribution >= 4 is 25.3 Å². The van der Waals surface area contributed by atoms with Crippen molar-refractivity contribution in [1.29, 1.82) is 0 Å². The molecular formula is C69H74O8P2. The Morgan fingerprint density at radius 1 is 0.380 bits per heavy atom. The molecule has 0 aliphatic carbocycles. The van der Waals surface area contributed by atoms with Crippen molar-refractivity contribution in [3.05, 3.63) is 214 Å². The molecule has 2 aliphatic heterocycles. The van der Waals surface area contributed by atoms with E-state index >= 15 is 9.13 Å². The van der Waals surface area contributed by atoms with E-state index in [1.165, 1.54) is 0 Å². The van der Waals surface area contributed by atoms with Crippen LogP contribution in [-0.2, 0) is 48.5 Å². The van der Waals surface area contributed by atoms with Crippen molar-refractivity contribution in [2.45, 2.75) is 134 Å². The molecule has 2 aliphatic rings. The standard InChI is InChI=1S/C69H74O8P2/c1-11-68(12-2,44-46-40-49(33-36-58(46)71)66(7,8)78(74)63-29-21-17-25-53(63)51-23-15-19-27-61(51)76-78)55-41-48(32-37-59(55)72)65(5,6)47-31-35-57(70)45(39-47)43-69(13-3,14-4)56-42-50(34-38-60(56)73)67(9,10)79(75)64-30-22-18-26-54(64)52-24-16-20-28-62(52)77-79/h15-42,70-73H,11-14,43-44H2,1-10H3. The van der Waals surface area contributed by atoms with Crippen molar-refractivity contribution in [2.24, 2.45) is 0 Å².